The maximum Gasteiger partial charge on any atom is 0.106 e. The molecular weight excluding hydrogens is 155 g/mol. The largest absolute Gasteiger partial charge is 0.307 e. The van der Waals surface area contributed by atoms with Gasteiger partial charge in [0.1, 0.15) is 6.67 Å². The Labute approximate surface area is 74.1 Å². The summed E-state index contributed by atoms with van der Waals surface area (Å²) in [6.07, 6.45) is 0. The zero-order valence-electron chi connectivity index (χ0n) is 8.18. The highest BCUT2D eigenvalue weighted by atomic mass is 19.1. The molecule has 0 bridgehead atoms. The second kappa shape index (κ2) is 4.19. The summed E-state index contributed by atoms with van der Waals surface area (Å²) in [6.45, 7) is 8.05. The van der Waals surface area contributed by atoms with Crippen molar-refractivity contribution in [2.75, 3.05) is 19.8 Å². The van der Waals surface area contributed by atoms with Gasteiger partial charge in [-0.3, -0.25) is 4.90 Å². The molecule has 1 rings (SSSR count). The summed E-state index contributed by atoms with van der Waals surface area (Å²) in [5, 5.41) is 3.23. The van der Waals surface area contributed by atoms with Gasteiger partial charge in [0, 0.05) is 31.2 Å². The van der Waals surface area contributed by atoms with Crippen molar-refractivity contribution in [3.05, 3.63) is 0 Å². The monoisotopic (exact) mass is 174 g/mol. The number of rotatable bonds is 2. The van der Waals surface area contributed by atoms with Gasteiger partial charge in [-0.15, -0.1) is 0 Å². The van der Waals surface area contributed by atoms with Gasteiger partial charge in [0.05, 0.1) is 0 Å². The minimum absolute atomic E-state index is 0.0381. The molecular formula is C9H19FN2. The molecule has 0 saturated carbocycles. The van der Waals surface area contributed by atoms with Crippen LogP contribution in [-0.4, -0.2) is 42.8 Å². The van der Waals surface area contributed by atoms with E-state index >= 15 is 0 Å². The number of hydrogen-bond acceptors (Lipinski definition) is 2. The standard InChI is InChI=1S/C9H19FN2/c1-7(2)12-5-8(3)11-9(4-10)6-12/h7-9,11H,4-6H2,1-3H3. The Hall–Kier alpha value is -0.150. The Morgan fingerprint density at radius 2 is 2.17 bits per heavy atom. The van der Waals surface area contributed by atoms with Gasteiger partial charge in [0.15, 0.2) is 0 Å². The molecule has 0 spiro atoms. The smallest absolute Gasteiger partial charge is 0.106 e. The van der Waals surface area contributed by atoms with Crippen LogP contribution in [0.2, 0.25) is 0 Å². The van der Waals surface area contributed by atoms with Gasteiger partial charge < -0.3 is 5.32 Å². The third-order valence-corrected chi connectivity index (χ3v) is 2.40. The van der Waals surface area contributed by atoms with E-state index in [1.807, 2.05) is 0 Å². The van der Waals surface area contributed by atoms with E-state index in [2.05, 4.69) is 31.0 Å². The summed E-state index contributed by atoms with van der Waals surface area (Å²) in [5.74, 6) is 0. The molecule has 2 atom stereocenters. The molecule has 1 aliphatic rings. The van der Waals surface area contributed by atoms with E-state index in [0.29, 0.717) is 12.1 Å². The number of hydrogen-bond donors (Lipinski definition) is 1. The maximum absolute atomic E-state index is 12.4. The molecule has 12 heavy (non-hydrogen) atoms. The van der Waals surface area contributed by atoms with Crippen LogP contribution in [0.4, 0.5) is 4.39 Å². The molecule has 0 aromatic carbocycles. The van der Waals surface area contributed by atoms with Gasteiger partial charge in [-0.1, -0.05) is 0 Å². The number of nitrogens with zero attached hydrogens (tertiary/aromatic N) is 1. The molecule has 3 heteroatoms. The van der Waals surface area contributed by atoms with Gasteiger partial charge in [-0.2, -0.15) is 0 Å². The molecule has 1 N–H and O–H groups in total. The van der Waals surface area contributed by atoms with Crippen LogP contribution < -0.4 is 5.32 Å². The van der Waals surface area contributed by atoms with Gasteiger partial charge in [0.2, 0.25) is 0 Å². The summed E-state index contributed by atoms with van der Waals surface area (Å²) in [4.78, 5) is 2.32. The van der Waals surface area contributed by atoms with E-state index in [1.54, 1.807) is 0 Å². The molecule has 72 valence electrons. The highest BCUT2D eigenvalue weighted by molar-refractivity contribution is 4.84. The molecule has 2 nitrogen and oxygen atoms in total. The Morgan fingerprint density at radius 3 is 2.67 bits per heavy atom. The first-order valence-corrected chi connectivity index (χ1v) is 4.69. The summed E-state index contributed by atoms with van der Waals surface area (Å²) in [7, 11) is 0. The minimum Gasteiger partial charge on any atom is -0.307 e. The van der Waals surface area contributed by atoms with Crippen LogP contribution in [0.1, 0.15) is 20.8 Å². The highest BCUT2D eigenvalue weighted by Gasteiger charge is 2.24. The molecule has 1 aliphatic heterocycles. The van der Waals surface area contributed by atoms with Gasteiger partial charge in [-0.05, 0) is 20.8 Å². The van der Waals surface area contributed by atoms with E-state index in [0.717, 1.165) is 13.1 Å². The summed E-state index contributed by atoms with van der Waals surface area (Å²) in [6, 6.07) is 0.988. The summed E-state index contributed by atoms with van der Waals surface area (Å²) >= 11 is 0. The van der Waals surface area contributed by atoms with Gasteiger partial charge in [0.25, 0.3) is 0 Å². The fourth-order valence-corrected chi connectivity index (χ4v) is 1.73. The van der Waals surface area contributed by atoms with Crippen molar-refractivity contribution in [2.45, 2.75) is 38.9 Å². The van der Waals surface area contributed by atoms with Crippen LogP contribution in [0, 0.1) is 0 Å². The fourth-order valence-electron chi connectivity index (χ4n) is 1.73. The molecule has 1 fully saturated rings. The predicted octanol–water partition coefficient (Wildman–Crippen LogP) is 1.03. The van der Waals surface area contributed by atoms with Crippen LogP contribution >= 0.6 is 0 Å². The minimum atomic E-state index is -0.256. The third kappa shape index (κ3) is 2.42. The lowest BCUT2D eigenvalue weighted by Gasteiger charge is -2.38. The molecule has 2 unspecified atom stereocenters. The molecule has 0 radical (unpaired) electrons. The fraction of sp³-hybridized carbons (Fsp3) is 1.00. The number of halogens is 1. The average Bonchev–Trinajstić information content (AvgIpc) is 2.03. The SMILES string of the molecule is CC1CN(C(C)C)CC(CF)N1. The molecule has 0 aliphatic carbocycles. The second-order valence-electron chi connectivity index (χ2n) is 3.97. The lowest BCUT2D eigenvalue weighted by molar-refractivity contribution is 0.122. The molecule has 0 aromatic heterocycles. The van der Waals surface area contributed by atoms with E-state index in [1.165, 1.54) is 0 Å². The number of nitrogens with one attached hydrogen (secondary N) is 1. The van der Waals surface area contributed by atoms with E-state index in [4.69, 9.17) is 0 Å². The van der Waals surface area contributed by atoms with E-state index < -0.39 is 0 Å². The molecule has 0 aromatic rings. The van der Waals surface area contributed by atoms with Crippen molar-refractivity contribution >= 4 is 0 Å². The van der Waals surface area contributed by atoms with Crippen molar-refractivity contribution in [3.8, 4) is 0 Å². The third-order valence-electron chi connectivity index (χ3n) is 2.40. The van der Waals surface area contributed by atoms with Gasteiger partial charge >= 0.3 is 0 Å². The first kappa shape index (κ1) is 9.93. The van der Waals surface area contributed by atoms with Crippen molar-refractivity contribution < 1.29 is 4.39 Å². The number of piperazine rings is 1. The zero-order chi connectivity index (χ0) is 9.14. The van der Waals surface area contributed by atoms with Crippen molar-refractivity contribution in [2.24, 2.45) is 0 Å². The molecule has 1 heterocycles. The van der Waals surface area contributed by atoms with Crippen LogP contribution in [-0.2, 0) is 0 Å². The summed E-state index contributed by atoms with van der Waals surface area (Å²) < 4.78 is 12.4. The lowest BCUT2D eigenvalue weighted by Crippen LogP contribution is -2.57. The van der Waals surface area contributed by atoms with Crippen molar-refractivity contribution in [1.29, 1.82) is 0 Å². The zero-order valence-corrected chi connectivity index (χ0v) is 8.18. The Kier molecular flexibility index (Phi) is 3.47. The Balaban J connectivity index is 2.45. The van der Waals surface area contributed by atoms with Crippen LogP contribution in [0.25, 0.3) is 0 Å². The second-order valence-corrected chi connectivity index (χ2v) is 3.97. The van der Waals surface area contributed by atoms with Crippen LogP contribution in [0.3, 0.4) is 0 Å². The highest BCUT2D eigenvalue weighted by Crippen LogP contribution is 2.08. The van der Waals surface area contributed by atoms with Crippen LogP contribution in [0.5, 0.6) is 0 Å². The number of alkyl halides is 1. The van der Waals surface area contributed by atoms with Crippen molar-refractivity contribution in [1.82, 2.24) is 10.2 Å². The topological polar surface area (TPSA) is 15.3 Å². The first-order valence-electron chi connectivity index (χ1n) is 4.69. The normalized spacial score (nSPS) is 32.8. The molecule has 1 saturated heterocycles. The van der Waals surface area contributed by atoms with Crippen LogP contribution in [0.15, 0.2) is 0 Å². The average molecular weight is 174 g/mol. The molecule has 0 amide bonds. The lowest BCUT2D eigenvalue weighted by atomic mass is 10.1. The van der Waals surface area contributed by atoms with Crippen molar-refractivity contribution in [3.63, 3.8) is 0 Å². The quantitative estimate of drug-likeness (QED) is 0.672. The van der Waals surface area contributed by atoms with E-state index in [9.17, 15) is 4.39 Å². The Morgan fingerprint density at radius 1 is 1.50 bits per heavy atom. The van der Waals surface area contributed by atoms with Gasteiger partial charge in [-0.25, -0.2) is 4.39 Å². The van der Waals surface area contributed by atoms with E-state index in [-0.39, 0.29) is 12.7 Å². The Bertz CT molecular complexity index is 138. The first-order chi connectivity index (χ1) is 5.63. The predicted molar refractivity (Wildman–Crippen MR) is 49.1 cm³/mol. The maximum atomic E-state index is 12.4. The summed E-state index contributed by atoms with van der Waals surface area (Å²) in [5.41, 5.74) is 0.